The molecule has 0 aliphatic rings. The third kappa shape index (κ3) is 1.74. The second-order valence-electron chi connectivity index (χ2n) is 3.83. The van der Waals surface area contributed by atoms with Gasteiger partial charge in [0.25, 0.3) is 0 Å². The summed E-state index contributed by atoms with van der Waals surface area (Å²) in [6.07, 6.45) is 2.46. The van der Waals surface area contributed by atoms with Crippen LogP contribution in [0.25, 0.3) is 10.9 Å². The Bertz CT molecular complexity index is 542. The van der Waals surface area contributed by atoms with Crippen LogP contribution in [0, 0.1) is 0 Å². The van der Waals surface area contributed by atoms with Crippen LogP contribution in [0.5, 0.6) is 5.75 Å². The molecule has 2 N–H and O–H groups in total. The van der Waals surface area contributed by atoms with Gasteiger partial charge in [-0.1, -0.05) is 12.1 Å². The van der Waals surface area contributed by atoms with E-state index in [1.54, 1.807) is 12.1 Å². The Labute approximate surface area is 92.7 Å². The minimum atomic E-state index is -0.808. The van der Waals surface area contributed by atoms with E-state index in [1.165, 1.54) is 0 Å². The fraction of sp³-hybridized carbons (Fsp3) is 0.250. The van der Waals surface area contributed by atoms with Crippen LogP contribution in [0.1, 0.15) is 12.0 Å². The highest BCUT2D eigenvalue weighted by Crippen LogP contribution is 2.28. The van der Waals surface area contributed by atoms with E-state index < -0.39 is 5.97 Å². The summed E-state index contributed by atoms with van der Waals surface area (Å²) < 4.78 is 1.82. The Morgan fingerprint density at radius 1 is 1.44 bits per heavy atom. The zero-order chi connectivity index (χ0) is 11.7. The first kappa shape index (κ1) is 10.5. The molecular weight excluding hydrogens is 206 g/mol. The standard InChI is InChI=1S/C12H13NO3/c1-13-7-8(5-6-11(15)16)9-3-2-4-10(14)12(9)13/h2-4,7,14H,5-6H2,1H3,(H,15,16). The summed E-state index contributed by atoms with van der Waals surface area (Å²) in [6.45, 7) is 0. The van der Waals surface area contributed by atoms with E-state index in [4.69, 9.17) is 5.11 Å². The maximum atomic E-state index is 10.5. The van der Waals surface area contributed by atoms with Crippen molar-refractivity contribution in [2.45, 2.75) is 12.8 Å². The van der Waals surface area contributed by atoms with Gasteiger partial charge in [-0.15, -0.1) is 0 Å². The van der Waals surface area contributed by atoms with Crippen molar-refractivity contribution in [1.29, 1.82) is 0 Å². The number of phenols is 1. The summed E-state index contributed by atoms with van der Waals surface area (Å²) in [5, 5.41) is 19.3. The molecule has 1 heterocycles. The van der Waals surface area contributed by atoms with E-state index >= 15 is 0 Å². The van der Waals surface area contributed by atoms with Crippen LogP contribution in [-0.4, -0.2) is 20.7 Å². The summed E-state index contributed by atoms with van der Waals surface area (Å²) in [6, 6.07) is 5.29. The molecule has 0 saturated carbocycles. The predicted molar refractivity (Wildman–Crippen MR) is 60.5 cm³/mol. The minimum absolute atomic E-state index is 0.106. The number of nitrogens with zero attached hydrogens (tertiary/aromatic N) is 1. The Hall–Kier alpha value is -1.97. The molecule has 0 bridgehead atoms. The van der Waals surface area contributed by atoms with Crippen molar-refractivity contribution in [3.63, 3.8) is 0 Å². The quantitative estimate of drug-likeness (QED) is 0.828. The second-order valence-corrected chi connectivity index (χ2v) is 3.83. The van der Waals surface area contributed by atoms with Gasteiger partial charge in [0, 0.05) is 25.1 Å². The van der Waals surface area contributed by atoms with Crippen molar-refractivity contribution in [3.8, 4) is 5.75 Å². The first-order chi connectivity index (χ1) is 7.59. The molecule has 0 atom stereocenters. The fourth-order valence-corrected chi connectivity index (χ4v) is 1.97. The van der Waals surface area contributed by atoms with E-state index in [-0.39, 0.29) is 12.2 Å². The number of para-hydroxylation sites is 1. The summed E-state index contributed by atoms with van der Waals surface area (Å²) in [7, 11) is 1.84. The van der Waals surface area contributed by atoms with Crippen molar-refractivity contribution in [1.82, 2.24) is 4.57 Å². The van der Waals surface area contributed by atoms with E-state index in [0.717, 1.165) is 16.5 Å². The second kappa shape index (κ2) is 3.89. The Balaban J connectivity index is 2.47. The molecule has 0 saturated heterocycles. The maximum Gasteiger partial charge on any atom is 0.303 e. The Kier molecular flexibility index (Phi) is 2.56. The van der Waals surface area contributed by atoms with Gasteiger partial charge in [0.1, 0.15) is 5.75 Å². The van der Waals surface area contributed by atoms with Crippen molar-refractivity contribution >= 4 is 16.9 Å². The highest BCUT2D eigenvalue weighted by atomic mass is 16.4. The van der Waals surface area contributed by atoms with Crippen molar-refractivity contribution in [3.05, 3.63) is 30.0 Å². The molecule has 1 aromatic carbocycles. The zero-order valence-corrected chi connectivity index (χ0v) is 8.97. The monoisotopic (exact) mass is 219 g/mol. The van der Waals surface area contributed by atoms with Crippen molar-refractivity contribution < 1.29 is 15.0 Å². The number of carbonyl (C=O) groups is 1. The van der Waals surface area contributed by atoms with Gasteiger partial charge in [-0.3, -0.25) is 4.79 Å². The van der Waals surface area contributed by atoms with Gasteiger partial charge in [-0.05, 0) is 18.1 Å². The molecular formula is C12H13NO3. The Morgan fingerprint density at radius 3 is 2.88 bits per heavy atom. The summed E-state index contributed by atoms with van der Waals surface area (Å²) in [5.74, 6) is -0.585. The summed E-state index contributed by atoms with van der Waals surface area (Å²) >= 11 is 0. The van der Waals surface area contributed by atoms with E-state index in [9.17, 15) is 9.90 Å². The van der Waals surface area contributed by atoms with Crippen LogP contribution in [0.2, 0.25) is 0 Å². The van der Waals surface area contributed by atoms with E-state index in [0.29, 0.717) is 6.42 Å². The van der Waals surface area contributed by atoms with Gasteiger partial charge in [-0.25, -0.2) is 0 Å². The van der Waals surface area contributed by atoms with Gasteiger partial charge < -0.3 is 14.8 Å². The molecule has 0 aliphatic heterocycles. The van der Waals surface area contributed by atoms with E-state index in [2.05, 4.69) is 0 Å². The van der Waals surface area contributed by atoms with Gasteiger partial charge in [0.15, 0.2) is 0 Å². The van der Waals surface area contributed by atoms with Crippen LogP contribution in [0.15, 0.2) is 24.4 Å². The normalized spacial score (nSPS) is 10.8. The number of aromatic hydroxyl groups is 1. The molecule has 1 aromatic heterocycles. The molecule has 2 aromatic rings. The van der Waals surface area contributed by atoms with Crippen LogP contribution in [0.4, 0.5) is 0 Å². The maximum absolute atomic E-state index is 10.5. The topological polar surface area (TPSA) is 62.5 Å². The average Bonchev–Trinajstić information content (AvgIpc) is 2.54. The lowest BCUT2D eigenvalue weighted by molar-refractivity contribution is -0.136. The first-order valence-corrected chi connectivity index (χ1v) is 5.07. The van der Waals surface area contributed by atoms with Gasteiger partial charge in [0.05, 0.1) is 5.52 Å². The van der Waals surface area contributed by atoms with Gasteiger partial charge in [0.2, 0.25) is 0 Å². The van der Waals surface area contributed by atoms with Crippen molar-refractivity contribution in [2.24, 2.45) is 7.05 Å². The lowest BCUT2D eigenvalue weighted by Crippen LogP contribution is -1.96. The lowest BCUT2D eigenvalue weighted by Gasteiger charge is -1.98. The summed E-state index contributed by atoms with van der Waals surface area (Å²) in [5.41, 5.74) is 1.71. The summed E-state index contributed by atoms with van der Waals surface area (Å²) in [4.78, 5) is 10.5. The molecule has 0 aliphatic carbocycles. The van der Waals surface area contributed by atoms with Gasteiger partial charge >= 0.3 is 5.97 Å². The number of carboxylic acid groups (broad SMARTS) is 1. The molecule has 84 valence electrons. The molecule has 4 heteroatoms. The lowest BCUT2D eigenvalue weighted by atomic mass is 10.1. The predicted octanol–water partition coefficient (Wildman–Crippen LogP) is 1.90. The molecule has 0 spiro atoms. The van der Waals surface area contributed by atoms with Crippen LogP contribution >= 0.6 is 0 Å². The number of aryl methyl sites for hydroxylation is 2. The fourth-order valence-electron chi connectivity index (χ4n) is 1.97. The molecule has 16 heavy (non-hydrogen) atoms. The number of hydrogen-bond acceptors (Lipinski definition) is 2. The van der Waals surface area contributed by atoms with Crippen molar-refractivity contribution in [2.75, 3.05) is 0 Å². The number of hydrogen-bond donors (Lipinski definition) is 2. The number of phenolic OH excluding ortho intramolecular Hbond substituents is 1. The zero-order valence-electron chi connectivity index (χ0n) is 8.97. The van der Waals surface area contributed by atoms with Crippen LogP contribution in [-0.2, 0) is 18.3 Å². The highest BCUT2D eigenvalue weighted by Gasteiger charge is 2.10. The third-order valence-electron chi connectivity index (χ3n) is 2.67. The number of carboxylic acids is 1. The average molecular weight is 219 g/mol. The Morgan fingerprint density at radius 2 is 2.19 bits per heavy atom. The molecule has 4 nitrogen and oxygen atoms in total. The molecule has 0 amide bonds. The highest BCUT2D eigenvalue weighted by molar-refractivity contribution is 5.89. The number of benzene rings is 1. The number of aromatic nitrogens is 1. The minimum Gasteiger partial charge on any atom is -0.506 e. The first-order valence-electron chi connectivity index (χ1n) is 5.07. The SMILES string of the molecule is Cn1cc(CCC(=O)O)c2cccc(O)c21. The smallest absolute Gasteiger partial charge is 0.303 e. The number of rotatable bonds is 3. The number of aliphatic carboxylic acids is 1. The van der Waals surface area contributed by atoms with Crippen LogP contribution in [0.3, 0.4) is 0 Å². The van der Waals surface area contributed by atoms with E-state index in [1.807, 2.05) is 23.9 Å². The molecule has 0 fully saturated rings. The molecule has 0 unspecified atom stereocenters. The van der Waals surface area contributed by atoms with Gasteiger partial charge in [-0.2, -0.15) is 0 Å². The third-order valence-corrected chi connectivity index (χ3v) is 2.67. The number of fused-ring (bicyclic) bond motifs is 1. The molecule has 2 rings (SSSR count). The molecule has 0 radical (unpaired) electrons. The largest absolute Gasteiger partial charge is 0.506 e. The van der Waals surface area contributed by atoms with Crippen LogP contribution < -0.4 is 0 Å².